The van der Waals surface area contributed by atoms with Crippen molar-refractivity contribution in [1.82, 2.24) is 15.0 Å². The van der Waals surface area contributed by atoms with Gasteiger partial charge < -0.3 is 14.2 Å². The highest BCUT2D eigenvalue weighted by atomic mass is 16.5. The van der Waals surface area contributed by atoms with Gasteiger partial charge in [-0.3, -0.25) is 4.90 Å². The number of piperazine rings is 1. The number of methoxy groups -OCH3 is 1. The smallest absolute Gasteiger partial charge is 0.266 e. The fraction of sp³-hybridized carbons (Fsp3) is 0.529. The monoisotopic (exact) mass is 316 g/mol. The van der Waals surface area contributed by atoms with Crippen molar-refractivity contribution in [2.24, 2.45) is 0 Å². The lowest BCUT2D eigenvalue weighted by Crippen LogP contribution is -2.46. The number of aromatic nitrogens is 2. The molecule has 0 atom stereocenters. The normalized spacial score (nSPS) is 15.8. The highest BCUT2D eigenvalue weighted by Gasteiger charge is 2.21. The van der Waals surface area contributed by atoms with Crippen LogP contribution in [0.1, 0.15) is 24.8 Å². The lowest BCUT2D eigenvalue weighted by molar-refractivity contribution is 0.244. The molecule has 0 spiro atoms. The summed E-state index contributed by atoms with van der Waals surface area (Å²) in [5, 5.41) is 4.10. The third-order valence-corrected chi connectivity index (χ3v) is 4.16. The van der Waals surface area contributed by atoms with E-state index in [4.69, 9.17) is 9.26 Å². The molecule has 0 amide bonds. The Kier molecular flexibility index (Phi) is 5.12. The summed E-state index contributed by atoms with van der Waals surface area (Å²) in [6.07, 6.45) is 1.87. The van der Waals surface area contributed by atoms with E-state index in [1.54, 1.807) is 7.11 Å². The summed E-state index contributed by atoms with van der Waals surface area (Å²) in [5.41, 5.74) is 1.23. The Morgan fingerprint density at radius 2 is 1.96 bits per heavy atom. The first-order chi connectivity index (χ1) is 11.3. The van der Waals surface area contributed by atoms with Crippen molar-refractivity contribution in [1.29, 1.82) is 0 Å². The topological polar surface area (TPSA) is 54.6 Å². The highest BCUT2D eigenvalue weighted by molar-refractivity contribution is 5.33. The second kappa shape index (κ2) is 7.46. The summed E-state index contributed by atoms with van der Waals surface area (Å²) in [4.78, 5) is 9.10. The van der Waals surface area contributed by atoms with Gasteiger partial charge in [-0.25, -0.2) is 0 Å². The molecule has 0 N–H and O–H groups in total. The predicted octanol–water partition coefficient (Wildman–Crippen LogP) is 2.35. The van der Waals surface area contributed by atoms with Gasteiger partial charge in [0.15, 0.2) is 0 Å². The number of rotatable bonds is 6. The first-order valence-corrected chi connectivity index (χ1v) is 8.22. The lowest BCUT2D eigenvalue weighted by atomic mass is 10.1. The minimum atomic E-state index is 0.727. The summed E-state index contributed by atoms with van der Waals surface area (Å²) in [6.45, 7) is 6.82. The SMILES string of the molecule is CCCc1nc(N2CCN(Cc3ccccc3OC)CC2)no1. The zero-order valence-corrected chi connectivity index (χ0v) is 13.9. The fourth-order valence-electron chi connectivity index (χ4n) is 2.87. The Hall–Kier alpha value is -2.08. The second-order valence-corrected chi connectivity index (χ2v) is 5.81. The molecule has 0 radical (unpaired) electrons. The molecule has 0 bridgehead atoms. The molecule has 1 fully saturated rings. The molecule has 0 unspecified atom stereocenters. The van der Waals surface area contributed by atoms with Crippen LogP contribution in [0.25, 0.3) is 0 Å². The number of nitrogens with zero attached hydrogens (tertiary/aromatic N) is 4. The van der Waals surface area contributed by atoms with E-state index in [1.165, 1.54) is 5.56 Å². The molecule has 1 aromatic heterocycles. The van der Waals surface area contributed by atoms with Crippen LogP contribution in [0.5, 0.6) is 5.75 Å². The Labute approximate surface area is 137 Å². The van der Waals surface area contributed by atoms with Crippen molar-refractivity contribution in [2.75, 3.05) is 38.2 Å². The standard InChI is InChI=1S/C17H24N4O2/c1-3-6-16-18-17(19-23-16)21-11-9-20(10-12-21)13-14-7-4-5-8-15(14)22-2/h4-5,7-8H,3,6,9-13H2,1-2H3. The van der Waals surface area contributed by atoms with E-state index in [-0.39, 0.29) is 0 Å². The zero-order chi connectivity index (χ0) is 16.1. The molecule has 3 rings (SSSR count). The third kappa shape index (κ3) is 3.82. The lowest BCUT2D eigenvalue weighted by Gasteiger charge is -2.34. The van der Waals surface area contributed by atoms with Crippen molar-refractivity contribution in [3.05, 3.63) is 35.7 Å². The van der Waals surface area contributed by atoms with Crippen molar-refractivity contribution >= 4 is 5.95 Å². The molecule has 0 saturated carbocycles. The van der Waals surface area contributed by atoms with Crippen molar-refractivity contribution in [3.8, 4) is 5.75 Å². The van der Waals surface area contributed by atoms with Gasteiger partial charge in [-0.15, -0.1) is 0 Å². The van der Waals surface area contributed by atoms with Gasteiger partial charge in [0.25, 0.3) is 5.95 Å². The van der Waals surface area contributed by atoms with E-state index in [2.05, 4.69) is 39.0 Å². The summed E-state index contributed by atoms with van der Waals surface area (Å²) < 4.78 is 10.7. The fourth-order valence-corrected chi connectivity index (χ4v) is 2.87. The molecular weight excluding hydrogens is 292 g/mol. The number of benzene rings is 1. The van der Waals surface area contributed by atoms with Gasteiger partial charge in [0.2, 0.25) is 5.89 Å². The van der Waals surface area contributed by atoms with Crippen molar-refractivity contribution < 1.29 is 9.26 Å². The van der Waals surface area contributed by atoms with Gasteiger partial charge in [0.1, 0.15) is 5.75 Å². The minimum Gasteiger partial charge on any atom is -0.496 e. The van der Waals surface area contributed by atoms with Gasteiger partial charge in [0, 0.05) is 44.7 Å². The van der Waals surface area contributed by atoms with Crippen LogP contribution in [0, 0.1) is 0 Å². The Morgan fingerprint density at radius 3 is 2.70 bits per heavy atom. The molecule has 6 nitrogen and oxygen atoms in total. The Balaban J connectivity index is 1.55. The maximum atomic E-state index is 5.43. The summed E-state index contributed by atoms with van der Waals surface area (Å²) >= 11 is 0. The van der Waals surface area contributed by atoms with Crippen LogP contribution in [0.3, 0.4) is 0 Å². The Morgan fingerprint density at radius 1 is 1.17 bits per heavy atom. The maximum Gasteiger partial charge on any atom is 0.266 e. The van der Waals surface area contributed by atoms with E-state index in [1.807, 2.05) is 12.1 Å². The molecule has 6 heteroatoms. The zero-order valence-electron chi connectivity index (χ0n) is 13.9. The molecule has 1 aromatic carbocycles. The van der Waals surface area contributed by atoms with Gasteiger partial charge in [0.05, 0.1) is 7.11 Å². The maximum absolute atomic E-state index is 5.43. The van der Waals surface area contributed by atoms with Crippen molar-refractivity contribution in [3.63, 3.8) is 0 Å². The number of ether oxygens (including phenoxy) is 1. The van der Waals surface area contributed by atoms with Gasteiger partial charge >= 0.3 is 0 Å². The van der Waals surface area contributed by atoms with Crippen LogP contribution in [0.4, 0.5) is 5.95 Å². The number of anilines is 1. The molecule has 2 heterocycles. The van der Waals surface area contributed by atoms with Crippen LogP contribution in [0.15, 0.2) is 28.8 Å². The van der Waals surface area contributed by atoms with Crippen LogP contribution < -0.4 is 9.64 Å². The van der Waals surface area contributed by atoms with E-state index in [0.29, 0.717) is 0 Å². The van der Waals surface area contributed by atoms with Crippen LogP contribution in [-0.4, -0.2) is 48.3 Å². The van der Waals surface area contributed by atoms with Gasteiger partial charge in [-0.2, -0.15) is 4.98 Å². The van der Waals surface area contributed by atoms with E-state index >= 15 is 0 Å². The number of hydrogen-bond donors (Lipinski definition) is 0. The van der Waals surface area contributed by atoms with Crippen LogP contribution in [-0.2, 0) is 13.0 Å². The highest BCUT2D eigenvalue weighted by Crippen LogP contribution is 2.20. The number of hydrogen-bond acceptors (Lipinski definition) is 6. The first-order valence-electron chi connectivity index (χ1n) is 8.22. The molecule has 0 aliphatic carbocycles. The first kappa shape index (κ1) is 15.8. The quantitative estimate of drug-likeness (QED) is 0.815. The van der Waals surface area contributed by atoms with Gasteiger partial charge in [-0.1, -0.05) is 25.1 Å². The van der Waals surface area contributed by atoms with E-state index in [0.717, 1.165) is 63.2 Å². The summed E-state index contributed by atoms with van der Waals surface area (Å²) in [7, 11) is 1.72. The summed E-state index contributed by atoms with van der Waals surface area (Å²) in [5.74, 6) is 2.42. The summed E-state index contributed by atoms with van der Waals surface area (Å²) in [6, 6.07) is 8.20. The molecule has 124 valence electrons. The number of aryl methyl sites for hydroxylation is 1. The van der Waals surface area contributed by atoms with Crippen molar-refractivity contribution in [2.45, 2.75) is 26.3 Å². The van der Waals surface area contributed by atoms with Crippen LogP contribution >= 0.6 is 0 Å². The van der Waals surface area contributed by atoms with Gasteiger partial charge in [-0.05, 0) is 17.6 Å². The van der Waals surface area contributed by atoms with Crippen LogP contribution in [0.2, 0.25) is 0 Å². The Bertz CT molecular complexity index is 621. The largest absolute Gasteiger partial charge is 0.496 e. The van der Waals surface area contributed by atoms with E-state index in [9.17, 15) is 0 Å². The number of para-hydroxylation sites is 1. The molecule has 1 aliphatic rings. The third-order valence-electron chi connectivity index (χ3n) is 4.16. The molecule has 1 saturated heterocycles. The molecule has 1 aliphatic heterocycles. The van der Waals surface area contributed by atoms with E-state index < -0.39 is 0 Å². The average molecular weight is 316 g/mol. The average Bonchev–Trinajstić information content (AvgIpc) is 3.05. The molecule has 2 aromatic rings. The predicted molar refractivity (Wildman–Crippen MR) is 88.8 cm³/mol. The molecular formula is C17H24N4O2. The molecule has 23 heavy (non-hydrogen) atoms. The second-order valence-electron chi connectivity index (χ2n) is 5.81. The minimum absolute atomic E-state index is 0.727.